The number of aromatic amines is 2. The summed E-state index contributed by atoms with van der Waals surface area (Å²) in [5.74, 6) is -0.543. The third-order valence-corrected chi connectivity index (χ3v) is 12.0. The highest BCUT2D eigenvalue weighted by Gasteiger charge is 2.70. The molecule has 5 heterocycles. The van der Waals surface area contributed by atoms with Crippen LogP contribution in [0.5, 0.6) is 0 Å². The number of nitriles is 4. The number of hydrogen-bond acceptors (Lipinski definition) is 9. The molecule has 0 saturated carbocycles. The second kappa shape index (κ2) is 11.5. The van der Waals surface area contributed by atoms with Crippen molar-refractivity contribution in [2.45, 2.75) is 84.0 Å². The van der Waals surface area contributed by atoms with E-state index in [4.69, 9.17) is 14.7 Å². The van der Waals surface area contributed by atoms with Gasteiger partial charge >= 0.3 is 5.97 Å². The molecule has 4 aliphatic rings. The molecular weight excluding hydrogens is 640 g/mol. The standard InChI is InChI=1S/C40H36N8O3/c1-7-23-20(2)27-13-28-21(3)24(8-9-34(50)51-6)36(47-28)25-12-32(49)35-22(4)29(48-37(25)35)14-31-26-10-11-39(16-41,17-42)40(18-43,19-44)38(26,5)33(46-31)15-30(23)45-27/h10,13-15,21,24,45,48H,7-9,11-12H2,1-6H3/t21-,24-,38?/m0/s1. The fourth-order valence-corrected chi connectivity index (χ4v) is 8.94. The Morgan fingerprint density at radius 1 is 1.00 bits per heavy atom. The lowest BCUT2D eigenvalue weighted by molar-refractivity contribution is -0.140. The van der Waals surface area contributed by atoms with Crippen molar-refractivity contribution in [2.75, 3.05) is 7.11 Å². The summed E-state index contributed by atoms with van der Waals surface area (Å²) in [6, 6.07) is 14.1. The first-order valence-corrected chi connectivity index (χ1v) is 17.1. The molecule has 7 rings (SSSR count). The van der Waals surface area contributed by atoms with Crippen molar-refractivity contribution in [1.29, 1.82) is 21.0 Å². The Bertz CT molecular complexity index is 2440. The van der Waals surface area contributed by atoms with Crippen LogP contribution < -0.4 is 0 Å². The molecule has 8 bridgehead atoms. The number of aryl methyl sites for hydroxylation is 3. The average molecular weight is 677 g/mol. The van der Waals surface area contributed by atoms with Gasteiger partial charge in [-0.1, -0.05) is 19.9 Å². The molecular formula is C40H36N8O3. The normalized spacial score (nSPS) is 22.2. The van der Waals surface area contributed by atoms with Gasteiger partial charge in [0.1, 0.15) is 0 Å². The van der Waals surface area contributed by atoms with E-state index >= 15 is 0 Å². The van der Waals surface area contributed by atoms with Crippen molar-refractivity contribution in [3.8, 4) is 24.3 Å². The van der Waals surface area contributed by atoms with E-state index in [2.05, 4.69) is 41.2 Å². The number of H-pyrrole nitrogens is 2. The number of carbonyl (C=O) groups is 2. The number of ether oxygens (including phenoxy) is 1. The van der Waals surface area contributed by atoms with Crippen LogP contribution >= 0.6 is 0 Å². The molecule has 3 aromatic rings. The van der Waals surface area contributed by atoms with E-state index in [1.165, 1.54) is 7.11 Å². The number of aromatic nitrogens is 4. The molecule has 0 radical (unpaired) electrons. The molecule has 0 amide bonds. The number of allylic oxidation sites excluding steroid dienone is 2. The van der Waals surface area contributed by atoms with E-state index in [1.807, 2.05) is 39.0 Å². The molecule has 0 saturated heterocycles. The zero-order valence-electron chi connectivity index (χ0n) is 29.4. The molecule has 0 aromatic carbocycles. The Hall–Kier alpha value is -6.04. The number of esters is 1. The van der Waals surface area contributed by atoms with Crippen LogP contribution in [-0.2, 0) is 27.8 Å². The highest BCUT2D eigenvalue weighted by molar-refractivity contribution is 6.13. The number of ketones is 1. The Kier molecular flexibility index (Phi) is 7.55. The van der Waals surface area contributed by atoms with Gasteiger partial charge in [-0.2, -0.15) is 21.0 Å². The number of nitrogens with zero attached hydrogens (tertiary/aromatic N) is 6. The minimum absolute atomic E-state index is 0.0390. The number of methoxy groups -OCH3 is 1. The lowest BCUT2D eigenvalue weighted by atomic mass is 9.46. The fraction of sp³-hybridized carbons (Fsp3) is 0.400. The van der Waals surface area contributed by atoms with E-state index in [0.29, 0.717) is 46.4 Å². The van der Waals surface area contributed by atoms with Gasteiger partial charge in [0, 0.05) is 64.5 Å². The van der Waals surface area contributed by atoms with Gasteiger partial charge in [0.05, 0.1) is 59.4 Å². The molecule has 0 fully saturated rings. The Morgan fingerprint density at radius 3 is 2.35 bits per heavy atom. The van der Waals surface area contributed by atoms with Gasteiger partial charge in [-0.05, 0) is 74.1 Å². The highest BCUT2D eigenvalue weighted by Crippen LogP contribution is 2.64. The zero-order chi connectivity index (χ0) is 36.6. The number of rotatable bonds is 4. The van der Waals surface area contributed by atoms with Gasteiger partial charge in [0.25, 0.3) is 0 Å². The van der Waals surface area contributed by atoms with Crippen LogP contribution in [0.2, 0.25) is 0 Å². The van der Waals surface area contributed by atoms with Crippen LogP contribution in [0.1, 0.15) is 107 Å². The number of nitrogens with one attached hydrogen (secondary N) is 2. The van der Waals surface area contributed by atoms with Crippen molar-refractivity contribution in [3.63, 3.8) is 0 Å². The number of fused-ring (bicyclic) bond motifs is 11. The first-order valence-electron chi connectivity index (χ1n) is 17.1. The zero-order valence-corrected chi connectivity index (χ0v) is 29.4. The molecule has 254 valence electrons. The smallest absolute Gasteiger partial charge is 0.305 e. The average Bonchev–Trinajstić information content (AvgIpc) is 3.87. The summed E-state index contributed by atoms with van der Waals surface area (Å²) < 4.78 is 4.97. The van der Waals surface area contributed by atoms with Crippen molar-refractivity contribution < 1.29 is 14.3 Å². The lowest BCUT2D eigenvalue weighted by Gasteiger charge is -2.46. The van der Waals surface area contributed by atoms with Gasteiger partial charge in [-0.3, -0.25) is 19.6 Å². The third-order valence-electron chi connectivity index (χ3n) is 12.0. The molecule has 3 atom stereocenters. The monoisotopic (exact) mass is 676 g/mol. The van der Waals surface area contributed by atoms with Gasteiger partial charge in [0.2, 0.25) is 0 Å². The second-order valence-electron chi connectivity index (χ2n) is 14.2. The van der Waals surface area contributed by atoms with Crippen LogP contribution in [0.25, 0.3) is 27.6 Å². The summed E-state index contributed by atoms with van der Waals surface area (Å²) in [6.07, 6.45) is 3.19. The SMILES string of the molecule is CCc1c(C)c2cc3nc(c4c5[nH]c(cc6nc(cc1[nH]2)C1(C)C6=CCC(C#N)(C#N)C1(C#N)C#N)c(C)c5C(=O)C4)[C@@H](CCC(=O)OC)[C@@H]3C. The minimum Gasteiger partial charge on any atom is -0.469 e. The Balaban J connectivity index is 1.64. The minimum atomic E-state index is -2.10. The predicted molar refractivity (Wildman–Crippen MR) is 188 cm³/mol. The molecule has 2 aliphatic heterocycles. The molecule has 1 unspecified atom stereocenters. The van der Waals surface area contributed by atoms with Crippen LogP contribution in [-0.4, -0.2) is 38.8 Å². The quantitative estimate of drug-likeness (QED) is 0.277. The number of Topliss-reactive ketones (excluding diaryl/α,β-unsaturated/α-hetero) is 1. The van der Waals surface area contributed by atoms with E-state index < -0.39 is 16.2 Å². The maximum atomic E-state index is 13.7. The lowest BCUT2D eigenvalue weighted by Crippen LogP contribution is -2.54. The highest BCUT2D eigenvalue weighted by atomic mass is 16.5. The summed E-state index contributed by atoms with van der Waals surface area (Å²) in [7, 11) is 1.38. The summed E-state index contributed by atoms with van der Waals surface area (Å²) >= 11 is 0. The summed E-state index contributed by atoms with van der Waals surface area (Å²) in [5.41, 5.74) is 4.46. The van der Waals surface area contributed by atoms with Crippen LogP contribution in [0.4, 0.5) is 0 Å². The molecule has 0 spiro atoms. The number of hydrogen-bond donors (Lipinski definition) is 2. The first-order chi connectivity index (χ1) is 24.4. The molecule has 2 N–H and O–H groups in total. The van der Waals surface area contributed by atoms with E-state index in [9.17, 15) is 30.6 Å². The van der Waals surface area contributed by atoms with Crippen molar-refractivity contribution in [3.05, 3.63) is 74.9 Å². The maximum absolute atomic E-state index is 13.7. The molecule has 11 heteroatoms. The summed E-state index contributed by atoms with van der Waals surface area (Å²) in [4.78, 5) is 43.3. The maximum Gasteiger partial charge on any atom is 0.305 e. The fourth-order valence-electron chi connectivity index (χ4n) is 8.94. The molecule has 11 nitrogen and oxygen atoms in total. The number of carbonyl (C=O) groups excluding carboxylic acids is 2. The van der Waals surface area contributed by atoms with Gasteiger partial charge in [-0.15, -0.1) is 0 Å². The Morgan fingerprint density at radius 2 is 1.71 bits per heavy atom. The Labute approximate surface area is 295 Å². The second-order valence-corrected chi connectivity index (χ2v) is 14.2. The third kappa shape index (κ3) is 4.25. The predicted octanol–water partition coefficient (Wildman–Crippen LogP) is 6.89. The van der Waals surface area contributed by atoms with Crippen LogP contribution in [0.15, 0.2) is 24.3 Å². The molecule has 51 heavy (non-hydrogen) atoms. The van der Waals surface area contributed by atoms with Gasteiger partial charge in [-0.25, -0.2) is 0 Å². The first kappa shape index (κ1) is 33.5. The molecule has 3 aromatic heterocycles. The van der Waals surface area contributed by atoms with Gasteiger partial charge < -0.3 is 14.7 Å². The topological polar surface area (TPSA) is 196 Å². The van der Waals surface area contributed by atoms with Crippen LogP contribution in [0, 0.1) is 70.0 Å². The van der Waals surface area contributed by atoms with Crippen molar-refractivity contribution in [2.24, 2.45) is 10.8 Å². The summed E-state index contributed by atoms with van der Waals surface area (Å²) in [5, 5.41) is 42.4. The van der Waals surface area contributed by atoms with E-state index in [1.54, 1.807) is 13.0 Å². The van der Waals surface area contributed by atoms with Crippen molar-refractivity contribution >= 4 is 39.4 Å². The van der Waals surface area contributed by atoms with E-state index in [0.717, 1.165) is 44.7 Å². The van der Waals surface area contributed by atoms with Crippen LogP contribution in [0.3, 0.4) is 0 Å². The largest absolute Gasteiger partial charge is 0.469 e. The molecule has 2 aliphatic carbocycles. The van der Waals surface area contributed by atoms with Crippen molar-refractivity contribution in [1.82, 2.24) is 19.9 Å². The van der Waals surface area contributed by atoms with Gasteiger partial charge in [0.15, 0.2) is 16.6 Å². The summed E-state index contributed by atoms with van der Waals surface area (Å²) in [6.45, 7) is 9.75. The van der Waals surface area contributed by atoms with E-state index in [-0.39, 0.29) is 42.9 Å².